The summed E-state index contributed by atoms with van der Waals surface area (Å²) in [5.74, 6) is 0. The smallest absolute Gasteiger partial charge is 0.319 e. The fourth-order valence-electron chi connectivity index (χ4n) is 3.59. The quantitative estimate of drug-likeness (QED) is 0.574. The van der Waals surface area contributed by atoms with E-state index < -0.39 is 0 Å². The van der Waals surface area contributed by atoms with Crippen LogP contribution < -0.4 is 10.6 Å². The Kier molecular flexibility index (Phi) is 7.71. The monoisotopic (exact) mass is 448 g/mol. The van der Waals surface area contributed by atoms with Crippen LogP contribution in [0.5, 0.6) is 0 Å². The summed E-state index contributed by atoms with van der Waals surface area (Å²) in [5.41, 5.74) is 1.80. The number of likely N-dealkylation sites (N-methyl/N-ethyl adjacent to an activating group) is 1. The Hall–Kier alpha value is -2.94. The van der Waals surface area contributed by atoms with Crippen LogP contribution in [-0.2, 0) is 0 Å². The molecule has 2 amide bonds. The maximum absolute atomic E-state index is 12.9. The second-order valence-electron chi connectivity index (χ2n) is 7.82. The number of nitrogens with one attached hydrogen (secondary N) is 2. The Balaban J connectivity index is 1.40. The summed E-state index contributed by atoms with van der Waals surface area (Å²) in [6.45, 7) is 4.87. The Labute approximate surface area is 193 Å². The van der Waals surface area contributed by atoms with E-state index in [2.05, 4.69) is 49.6 Å². The first-order valence-corrected chi connectivity index (χ1v) is 11.6. The highest BCUT2D eigenvalue weighted by atomic mass is 32.2. The van der Waals surface area contributed by atoms with Gasteiger partial charge in [-0.25, -0.2) is 14.8 Å². The van der Waals surface area contributed by atoms with Gasteiger partial charge in [0.25, 0.3) is 0 Å². The molecular formula is C24H28N6OS. The standard InChI is InChI=1S/C24H28N6OS/c1-29-13-15-30(16-14-29)18-21(19-7-3-2-4-8-19)28-24(31)27-20-10-12-26-23(17-20)32-22-9-5-6-11-25-22/h2-12,17,21H,13-16,18H2,1H3,(H2,26,27,28,31). The van der Waals surface area contributed by atoms with Crippen molar-refractivity contribution in [3.8, 4) is 0 Å². The van der Waals surface area contributed by atoms with E-state index in [1.54, 1.807) is 18.5 Å². The molecule has 0 radical (unpaired) electrons. The van der Waals surface area contributed by atoms with Crippen molar-refractivity contribution in [3.05, 3.63) is 78.6 Å². The van der Waals surface area contributed by atoms with Gasteiger partial charge in [0.1, 0.15) is 10.1 Å². The molecule has 3 aromatic rings. The third kappa shape index (κ3) is 6.53. The number of piperazine rings is 1. The molecule has 0 bridgehead atoms. The number of hydrogen-bond acceptors (Lipinski definition) is 6. The third-order valence-corrected chi connectivity index (χ3v) is 6.27. The van der Waals surface area contributed by atoms with Gasteiger partial charge in [-0.3, -0.25) is 4.90 Å². The molecule has 32 heavy (non-hydrogen) atoms. The van der Waals surface area contributed by atoms with Crippen LogP contribution in [0.15, 0.2) is 83.1 Å². The van der Waals surface area contributed by atoms with Crippen molar-refractivity contribution < 1.29 is 4.79 Å². The molecule has 0 aliphatic carbocycles. The van der Waals surface area contributed by atoms with E-state index in [9.17, 15) is 4.79 Å². The Bertz CT molecular complexity index is 996. The molecule has 7 nitrogen and oxygen atoms in total. The maximum atomic E-state index is 12.9. The van der Waals surface area contributed by atoms with Crippen molar-refractivity contribution in [1.82, 2.24) is 25.1 Å². The zero-order valence-corrected chi connectivity index (χ0v) is 19.0. The SMILES string of the molecule is CN1CCN(CC(NC(=O)Nc2ccnc(Sc3ccccn3)c2)c2ccccc2)CC1. The van der Waals surface area contributed by atoms with Crippen LogP contribution in [0.2, 0.25) is 0 Å². The van der Waals surface area contributed by atoms with Gasteiger partial charge >= 0.3 is 6.03 Å². The predicted octanol–water partition coefficient (Wildman–Crippen LogP) is 3.74. The molecule has 2 aromatic heterocycles. The van der Waals surface area contributed by atoms with Crippen molar-refractivity contribution in [2.75, 3.05) is 45.1 Å². The van der Waals surface area contributed by atoms with E-state index in [0.29, 0.717) is 5.69 Å². The summed E-state index contributed by atoms with van der Waals surface area (Å²) in [6.07, 6.45) is 3.45. The molecular weight excluding hydrogens is 420 g/mol. The number of benzene rings is 1. The highest BCUT2D eigenvalue weighted by molar-refractivity contribution is 7.99. The minimum Gasteiger partial charge on any atom is -0.330 e. The number of nitrogens with zero attached hydrogens (tertiary/aromatic N) is 4. The summed E-state index contributed by atoms with van der Waals surface area (Å²) in [6, 6.07) is 19.2. The zero-order chi connectivity index (χ0) is 22.2. The van der Waals surface area contributed by atoms with Gasteiger partial charge in [0.15, 0.2) is 0 Å². The van der Waals surface area contributed by atoms with E-state index in [4.69, 9.17) is 0 Å². The van der Waals surface area contributed by atoms with Gasteiger partial charge in [-0.05, 0) is 36.9 Å². The molecule has 1 aliphatic heterocycles. The molecule has 1 unspecified atom stereocenters. The minimum atomic E-state index is -0.229. The van der Waals surface area contributed by atoms with Crippen LogP contribution in [0.4, 0.5) is 10.5 Å². The summed E-state index contributed by atoms with van der Waals surface area (Å²) in [5, 5.41) is 7.76. The zero-order valence-electron chi connectivity index (χ0n) is 18.1. The Morgan fingerprint density at radius 3 is 2.47 bits per heavy atom. The highest BCUT2D eigenvalue weighted by Gasteiger charge is 2.21. The molecule has 1 aliphatic rings. The summed E-state index contributed by atoms with van der Waals surface area (Å²) < 4.78 is 0. The Morgan fingerprint density at radius 1 is 0.969 bits per heavy atom. The number of rotatable bonds is 7. The average molecular weight is 449 g/mol. The molecule has 1 fully saturated rings. The Morgan fingerprint density at radius 2 is 1.72 bits per heavy atom. The molecule has 166 valence electrons. The first-order chi connectivity index (χ1) is 15.7. The van der Waals surface area contributed by atoms with Gasteiger partial charge in [0.05, 0.1) is 6.04 Å². The van der Waals surface area contributed by atoms with Crippen LogP contribution in [0.3, 0.4) is 0 Å². The molecule has 8 heteroatoms. The first-order valence-electron chi connectivity index (χ1n) is 10.7. The number of carbonyl (C=O) groups excluding carboxylic acids is 1. The van der Waals surface area contributed by atoms with Crippen LogP contribution >= 0.6 is 11.8 Å². The third-order valence-electron chi connectivity index (χ3n) is 5.38. The number of aromatic nitrogens is 2. The van der Waals surface area contributed by atoms with Gasteiger partial charge in [0.2, 0.25) is 0 Å². The average Bonchev–Trinajstić information content (AvgIpc) is 2.81. The van der Waals surface area contributed by atoms with E-state index >= 15 is 0 Å². The molecule has 1 saturated heterocycles. The fourth-order valence-corrected chi connectivity index (χ4v) is 4.37. The van der Waals surface area contributed by atoms with Gasteiger partial charge in [-0.2, -0.15) is 0 Å². The van der Waals surface area contributed by atoms with E-state index in [0.717, 1.165) is 48.3 Å². The number of hydrogen-bond donors (Lipinski definition) is 2. The van der Waals surface area contributed by atoms with E-state index in [1.807, 2.05) is 42.5 Å². The fraction of sp³-hybridized carbons (Fsp3) is 0.292. The van der Waals surface area contributed by atoms with Gasteiger partial charge in [0, 0.05) is 50.8 Å². The molecule has 3 heterocycles. The number of urea groups is 1. The molecule has 2 N–H and O–H groups in total. The summed E-state index contributed by atoms with van der Waals surface area (Å²) in [7, 11) is 2.15. The van der Waals surface area contributed by atoms with E-state index in [1.165, 1.54) is 11.8 Å². The van der Waals surface area contributed by atoms with Crippen molar-refractivity contribution in [1.29, 1.82) is 0 Å². The topological polar surface area (TPSA) is 73.4 Å². The number of pyridine rings is 2. The second-order valence-corrected chi connectivity index (χ2v) is 8.86. The number of amides is 2. The van der Waals surface area contributed by atoms with Crippen molar-refractivity contribution >= 4 is 23.5 Å². The lowest BCUT2D eigenvalue weighted by Crippen LogP contribution is -2.48. The predicted molar refractivity (Wildman–Crippen MR) is 128 cm³/mol. The van der Waals surface area contributed by atoms with Crippen molar-refractivity contribution in [3.63, 3.8) is 0 Å². The van der Waals surface area contributed by atoms with Crippen molar-refractivity contribution in [2.24, 2.45) is 0 Å². The van der Waals surface area contributed by atoms with Gasteiger partial charge in [-0.15, -0.1) is 0 Å². The highest BCUT2D eigenvalue weighted by Crippen LogP contribution is 2.25. The second kappa shape index (κ2) is 11.1. The van der Waals surface area contributed by atoms with Gasteiger partial charge in [-0.1, -0.05) is 48.2 Å². The molecule has 1 atom stereocenters. The summed E-state index contributed by atoms with van der Waals surface area (Å²) >= 11 is 1.46. The number of carbonyl (C=O) groups is 1. The van der Waals surface area contributed by atoms with Crippen LogP contribution in [0.1, 0.15) is 11.6 Å². The maximum Gasteiger partial charge on any atom is 0.319 e. The normalized spacial score (nSPS) is 15.8. The largest absolute Gasteiger partial charge is 0.330 e. The van der Waals surface area contributed by atoms with Crippen LogP contribution in [0, 0.1) is 0 Å². The van der Waals surface area contributed by atoms with Crippen LogP contribution in [-0.4, -0.2) is 65.6 Å². The van der Waals surface area contributed by atoms with Crippen LogP contribution in [0.25, 0.3) is 0 Å². The van der Waals surface area contributed by atoms with Crippen molar-refractivity contribution in [2.45, 2.75) is 16.1 Å². The molecule has 1 aromatic carbocycles. The first kappa shape index (κ1) is 22.3. The molecule has 0 spiro atoms. The lowest BCUT2D eigenvalue weighted by molar-refractivity contribution is 0.143. The summed E-state index contributed by atoms with van der Waals surface area (Å²) in [4.78, 5) is 26.3. The van der Waals surface area contributed by atoms with Gasteiger partial charge < -0.3 is 15.5 Å². The lowest BCUT2D eigenvalue weighted by atomic mass is 10.1. The lowest BCUT2D eigenvalue weighted by Gasteiger charge is -2.35. The van der Waals surface area contributed by atoms with E-state index in [-0.39, 0.29) is 12.1 Å². The number of anilines is 1. The molecule has 4 rings (SSSR count). The minimum absolute atomic E-state index is 0.0937. The molecule has 0 saturated carbocycles.